The van der Waals surface area contributed by atoms with Crippen molar-refractivity contribution in [2.24, 2.45) is 0 Å². The molecule has 0 aliphatic heterocycles. The van der Waals surface area contributed by atoms with E-state index in [-0.39, 0.29) is 5.54 Å². The molecule has 0 fully saturated rings. The first-order valence-electron chi connectivity index (χ1n) is 6.67. The van der Waals surface area contributed by atoms with Crippen LogP contribution in [-0.4, -0.2) is 15.7 Å². The summed E-state index contributed by atoms with van der Waals surface area (Å²) in [6.07, 6.45) is 1.30. The summed E-state index contributed by atoms with van der Waals surface area (Å²) in [5, 5.41) is 7.22. The predicted molar refractivity (Wildman–Crippen MR) is 76.4 cm³/mol. The van der Waals surface area contributed by atoms with E-state index in [1.165, 1.54) is 6.39 Å². The van der Waals surface area contributed by atoms with Crippen LogP contribution in [0.5, 0.6) is 5.75 Å². The number of para-hydroxylation sites is 1. The maximum atomic E-state index is 5.85. The van der Waals surface area contributed by atoms with Crippen molar-refractivity contribution in [2.75, 3.05) is 0 Å². The lowest BCUT2D eigenvalue weighted by atomic mass is 10.1. The highest BCUT2D eigenvalue weighted by molar-refractivity contribution is 5.40. The molecule has 0 radical (unpaired) electrons. The van der Waals surface area contributed by atoms with Crippen molar-refractivity contribution in [3.63, 3.8) is 0 Å². The lowest BCUT2D eigenvalue weighted by molar-refractivity contribution is 0.280. The Labute approximate surface area is 119 Å². The van der Waals surface area contributed by atoms with Gasteiger partial charge in [0.1, 0.15) is 5.75 Å². The first-order chi connectivity index (χ1) is 9.46. The molecule has 0 spiro atoms. The molecule has 0 aliphatic carbocycles. The Hall–Kier alpha value is -1.88. The van der Waals surface area contributed by atoms with Gasteiger partial charge >= 0.3 is 0 Å². The highest BCUT2D eigenvalue weighted by atomic mass is 16.5. The molecule has 1 heterocycles. The minimum atomic E-state index is 0.0642. The Morgan fingerprint density at radius 2 is 2.10 bits per heavy atom. The molecule has 20 heavy (non-hydrogen) atoms. The highest BCUT2D eigenvalue weighted by Gasteiger charge is 2.13. The molecule has 5 heteroatoms. The fourth-order valence-corrected chi connectivity index (χ4v) is 1.81. The molecular weight excluding hydrogens is 254 g/mol. The van der Waals surface area contributed by atoms with Gasteiger partial charge in [-0.1, -0.05) is 23.4 Å². The van der Waals surface area contributed by atoms with Crippen LogP contribution in [0.3, 0.4) is 0 Å². The number of hydrogen-bond acceptors (Lipinski definition) is 5. The van der Waals surface area contributed by atoms with Gasteiger partial charge in [0, 0.05) is 17.6 Å². The minimum absolute atomic E-state index is 0.0642. The van der Waals surface area contributed by atoms with Gasteiger partial charge in [-0.25, -0.2) is 0 Å². The van der Waals surface area contributed by atoms with Crippen molar-refractivity contribution in [3.8, 4) is 5.75 Å². The Morgan fingerprint density at radius 3 is 2.75 bits per heavy atom. The molecule has 1 aromatic heterocycles. The predicted octanol–water partition coefficient (Wildman–Crippen LogP) is 2.85. The Morgan fingerprint density at radius 1 is 1.30 bits per heavy atom. The first-order valence-corrected chi connectivity index (χ1v) is 6.67. The first kappa shape index (κ1) is 14.5. The largest absolute Gasteiger partial charge is 0.485 e. The van der Waals surface area contributed by atoms with E-state index < -0.39 is 0 Å². The standard InChI is InChI=1S/C15H21N3O2/c1-11-6-5-7-12(8-17-15(2,3)4)14(11)19-9-13-16-10-20-18-13/h5-7,10,17H,8-9H2,1-4H3. The summed E-state index contributed by atoms with van der Waals surface area (Å²) in [5.74, 6) is 1.43. The number of rotatable bonds is 5. The molecule has 0 amide bonds. The van der Waals surface area contributed by atoms with Crippen LogP contribution in [0.2, 0.25) is 0 Å². The molecule has 0 bridgehead atoms. The summed E-state index contributed by atoms with van der Waals surface area (Å²) in [5.41, 5.74) is 2.29. The second-order valence-corrected chi connectivity index (χ2v) is 5.80. The Kier molecular flexibility index (Phi) is 4.39. The number of hydrogen-bond donors (Lipinski definition) is 1. The molecule has 1 aromatic carbocycles. The number of nitrogens with one attached hydrogen (secondary N) is 1. The van der Waals surface area contributed by atoms with Crippen molar-refractivity contribution < 1.29 is 9.26 Å². The van der Waals surface area contributed by atoms with Crippen LogP contribution < -0.4 is 10.1 Å². The zero-order valence-electron chi connectivity index (χ0n) is 12.4. The van der Waals surface area contributed by atoms with Gasteiger partial charge < -0.3 is 14.6 Å². The maximum Gasteiger partial charge on any atom is 0.213 e. The van der Waals surface area contributed by atoms with Crippen LogP contribution in [0.15, 0.2) is 29.1 Å². The van der Waals surface area contributed by atoms with E-state index >= 15 is 0 Å². The SMILES string of the molecule is Cc1cccc(CNC(C)(C)C)c1OCc1ncon1. The third kappa shape index (κ3) is 4.06. The van der Waals surface area contributed by atoms with Crippen molar-refractivity contribution in [3.05, 3.63) is 41.5 Å². The van der Waals surface area contributed by atoms with E-state index in [4.69, 9.17) is 9.26 Å². The number of aryl methyl sites for hydroxylation is 1. The van der Waals surface area contributed by atoms with Gasteiger partial charge in [0.2, 0.25) is 12.2 Å². The Balaban J connectivity index is 2.09. The quantitative estimate of drug-likeness (QED) is 0.909. The number of benzene rings is 1. The fourth-order valence-electron chi connectivity index (χ4n) is 1.81. The number of ether oxygens (including phenoxy) is 1. The lowest BCUT2D eigenvalue weighted by Gasteiger charge is -2.22. The second-order valence-electron chi connectivity index (χ2n) is 5.80. The summed E-state index contributed by atoms with van der Waals surface area (Å²) in [6.45, 7) is 9.52. The number of nitrogens with zero attached hydrogens (tertiary/aromatic N) is 2. The molecule has 0 saturated heterocycles. The van der Waals surface area contributed by atoms with Crippen molar-refractivity contribution in [1.82, 2.24) is 15.5 Å². The maximum absolute atomic E-state index is 5.85. The van der Waals surface area contributed by atoms with Gasteiger partial charge in [-0.05, 0) is 33.3 Å². The van der Waals surface area contributed by atoms with Gasteiger partial charge in [0.05, 0.1) is 0 Å². The van der Waals surface area contributed by atoms with E-state index in [2.05, 4.69) is 42.3 Å². The van der Waals surface area contributed by atoms with Crippen LogP contribution >= 0.6 is 0 Å². The van der Waals surface area contributed by atoms with E-state index in [0.29, 0.717) is 12.4 Å². The molecule has 108 valence electrons. The summed E-state index contributed by atoms with van der Waals surface area (Å²) in [7, 11) is 0. The van der Waals surface area contributed by atoms with Crippen LogP contribution in [0, 0.1) is 6.92 Å². The molecule has 0 atom stereocenters. The van der Waals surface area contributed by atoms with Gasteiger partial charge in [0.25, 0.3) is 0 Å². The normalized spacial score (nSPS) is 11.6. The molecular formula is C15H21N3O2. The molecule has 1 N–H and O–H groups in total. The fraction of sp³-hybridized carbons (Fsp3) is 0.467. The van der Waals surface area contributed by atoms with Gasteiger partial charge in [-0.15, -0.1) is 0 Å². The average molecular weight is 275 g/mol. The van der Waals surface area contributed by atoms with Crippen molar-refractivity contribution >= 4 is 0 Å². The molecule has 2 rings (SSSR count). The monoisotopic (exact) mass is 275 g/mol. The summed E-state index contributed by atoms with van der Waals surface area (Å²) in [4.78, 5) is 3.96. The molecule has 5 nitrogen and oxygen atoms in total. The van der Waals surface area contributed by atoms with E-state index in [1.807, 2.05) is 19.1 Å². The molecule has 0 saturated carbocycles. The summed E-state index contributed by atoms with van der Waals surface area (Å²) < 4.78 is 10.6. The smallest absolute Gasteiger partial charge is 0.213 e. The van der Waals surface area contributed by atoms with Crippen LogP contribution in [0.25, 0.3) is 0 Å². The molecule has 0 aliphatic rings. The molecule has 0 unspecified atom stereocenters. The van der Waals surface area contributed by atoms with E-state index in [9.17, 15) is 0 Å². The van der Waals surface area contributed by atoms with Crippen LogP contribution in [0.4, 0.5) is 0 Å². The van der Waals surface area contributed by atoms with E-state index in [1.54, 1.807) is 0 Å². The third-order valence-electron chi connectivity index (χ3n) is 2.86. The second kappa shape index (κ2) is 6.05. The lowest BCUT2D eigenvalue weighted by Crippen LogP contribution is -2.35. The van der Waals surface area contributed by atoms with Crippen molar-refractivity contribution in [2.45, 2.75) is 46.4 Å². The van der Waals surface area contributed by atoms with Gasteiger partial charge in [0.15, 0.2) is 6.61 Å². The minimum Gasteiger partial charge on any atom is -0.485 e. The summed E-state index contributed by atoms with van der Waals surface area (Å²) in [6, 6.07) is 6.14. The van der Waals surface area contributed by atoms with Crippen LogP contribution in [-0.2, 0) is 13.2 Å². The third-order valence-corrected chi connectivity index (χ3v) is 2.86. The Bertz CT molecular complexity index is 545. The average Bonchev–Trinajstić information content (AvgIpc) is 2.87. The van der Waals surface area contributed by atoms with Gasteiger partial charge in [-0.2, -0.15) is 4.98 Å². The molecule has 2 aromatic rings. The van der Waals surface area contributed by atoms with Gasteiger partial charge in [-0.3, -0.25) is 0 Å². The summed E-state index contributed by atoms with van der Waals surface area (Å²) >= 11 is 0. The highest BCUT2D eigenvalue weighted by Crippen LogP contribution is 2.24. The van der Waals surface area contributed by atoms with E-state index in [0.717, 1.165) is 23.4 Å². The van der Waals surface area contributed by atoms with Crippen LogP contribution in [0.1, 0.15) is 37.7 Å². The topological polar surface area (TPSA) is 60.2 Å². The zero-order chi connectivity index (χ0) is 14.6. The zero-order valence-corrected chi connectivity index (χ0v) is 12.4. The number of aromatic nitrogens is 2. The van der Waals surface area contributed by atoms with Crippen molar-refractivity contribution in [1.29, 1.82) is 0 Å².